The second kappa shape index (κ2) is 5.56. The average molecular weight is 187 g/mol. The van der Waals surface area contributed by atoms with Crippen molar-refractivity contribution < 1.29 is 14.7 Å². The lowest BCUT2D eigenvalue weighted by Crippen LogP contribution is -2.26. The summed E-state index contributed by atoms with van der Waals surface area (Å²) in [7, 11) is 1.58. The number of hydrogen-bond donors (Lipinski definition) is 2. The minimum atomic E-state index is -0.802. The van der Waals surface area contributed by atoms with Gasteiger partial charge < -0.3 is 10.4 Å². The largest absolute Gasteiger partial charge is 0.481 e. The fourth-order valence-electron chi connectivity index (χ4n) is 1.00. The summed E-state index contributed by atoms with van der Waals surface area (Å²) in [6.45, 7) is 3.45. The van der Waals surface area contributed by atoms with Gasteiger partial charge >= 0.3 is 5.97 Å². The van der Waals surface area contributed by atoms with Gasteiger partial charge in [0, 0.05) is 13.0 Å². The van der Waals surface area contributed by atoms with Crippen LogP contribution in [0.25, 0.3) is 0 Å². The highest BCUT2D eigenvalue weighted by molar-refractivity contribution is 5.78. The van der Waals surface area contributed by atoms with Crippen molar-refractivity contribution in [1.29, 1.82) is 0 Å². The number of nitrogens with one attached hydrogen (secondary N) is 1. The van der Waals surface area contributed by atoms with Crippen LogP contribution in [0.5, 0.6) is 0 Å². The molecule has 0 aliphatic heterocycles. The first-order valence-electron chi connectivity index (χ1n) is 4.43. The van der Waals surface area contributed by atoms with Gasteiger partial charge in [0.25, 0.3) is 0 Å². The Kier molecular flexibility index (Phi) is 5.11. The van der Waals surface area contributed by atoms with Crippen molar-refractivity contribution in [1.82, 2.24) is 5.32 Å². The van der Waals surface area contributed by atoms with E-state index in [0.717, 1.165) is 0 Å². The van der Waals surface area contributed by atoms with Crippen molar-refractivity contribution in [2.24, 2.45) is 11.8 Å². The van der Waals surface area contributed by atoms with Gasteiger partial charge in [0.1, 0.15) is 0 Å². The number of carbonyl (C=O) groups is 2. The van der Waals surface area contributed by atoms with Gasteiger partial charge in [-0.05, 0) is 12.8 Å². The molecule has 2 atom stereocenters. The number of rotatable bonds is 5. The quantitative estimate of drug-likeness (QED) is 0.671. The second-order valence-electron chi connectivity index (χ2n) is 3.33. The summed E-state index contributed by atoms with van der Waals surface area (Å²) < 4.78 is 0. The Morgan fingerprint density at radius 1 is 1.23 bits per heavy atom. The van der Waals surface area contributed by atoms with Crippen LogP contribution in [0, 0.1) is 11.8 Å². The van der Waals surface area contributed by atoms with Crippen LogP contribution in [0.3, 0.4) is 0 Å². The summed E-state index contributed by atoms with van der Waals surface area (Å²) in [6.07, 6.45) is 1.16. The van der Waals surface area contributed by atoms with Crippen molar-refractivity contribution in [2.75, 3.05) is 7.05 Å². The lowest BCUT2D eigenvalue weighted by molar-refractivity contribution is -0.141. The van der Waals surface area contributed by atoms with E-state index in [-0.39, 0.29) is 17.7 Å². The zero-order chi connectivity index (χ0) is 10.4. The van der Waals surface area contributed by atoms with E-state index < -0.39 is 5.97 Å². The van der Waals surface area contributed by atoms with Crippen LogP contribution in [-0.4, -0.2) is 24.0 Å². The van der Waals surface area contributed by atoms with Crippen molar-refractivity contribution in [2.45, 2.75) is 26.7 Å². The van der Waals surface area contributed by atoms with E-state index in [0.29, 0.717) is 12.8 Å². The van der Waals surface area contributed by atoms with Gasteiger partial charge in [-0.1, -0.05) is 13.8 Å². The molecule has 1 amide bonds. The normalized spacial score (nSPS) is 14.7. The van der Waals surface area contributed by atoms with Crippen molar-refractivity contribution in [3.63, 3.8) is 0 Å². The van der Waals surface area contributed by atoms with E-state index in [1.54, 1.807) is 20.9 Å². The molecule has 0 saturated carbocycles. The third-order valence-corrected chi connectivity index (χ3v) is 2.15. The Bertz CT molecular complexity index is 191. The molecule has 2 unspecified atom stereocenters. The van der Waals surface area contributed by atoms with Crippen LogP contribution in [-0.2, 0) is 9.59 Å². The van der Waals surface area contributed by atoms with Crippen molar-refractivity contribution in [3.05, 3.63) is 0 Å². The highest BCUT2D eigenvalue weighted by Gasteiger charge is 2.15. The first-order chi connectivity index (χ1) is 5.99. The van der Waals surface area contributed by atoms with Crippen LogP contribution >= 0.6 is 0 Å². The number of carboxylic acid groups (broad SMARTS) is 1. The van der Waals surface area contributed by atoms with Gasteiger partial charge in [0.2, 0.25) is 5.91 Å². The Morgan fingerprint density at radius 2 is 1.69 bits per heavy atom. The molecule has 0 fully saturated rings. The lowest BCUT2D eigenvalue weighted by atomic mass is 9.98. The third-order valence-electron chi connectivity index (χ3n) is 2.15. The number of carbonyl (C=O) groups excluding carboxylic acids is 1. The summed E-state index contributed by atoms with van der Waals surface area (Å²) in [6, 6.07) is 0. The first kappa shape index (κ1) is 11.9. The summed E-state index contributed by atoms with van der Waals surface area (Å²) in [5, 5.41) is 11.1. The molecule has 0 radical (unpaired) electrons. The van der Waals surface area contributed by atoms with Gasteiger partial charge in [-0.15, -0.1) is 0 Å². The van der Waals surface area contributed by atoms with E-state index >= 15 is 0 Å². The smallest absolute Gasteiger partial charge is 0.306 e. The molecule has 0 heterocycles. The van der Waals surface area contributed by atoms with Gasteiger partial charge in [-0.3, -0.25) is 9.59 Å². The maximum atomic E-state index is 11.0. The van der Waals surface area contributed by atoms with Crippen LogP contribution in [0.1, 0.15) is 26.7 Å². The zero-order valence-electron chi connectivity index (χ0n) is 8.33. The predicted molar refractivity (Wildman–Crippen MR) is 49.3 cm³/mol. The summed E-state index contributed by atoms with van der Waals surface area (Å²) in [5.74, 6) is -1.30. The maximum Gasteiger partial charge on any atom is 0.306 e. The summed E-state index contributed by atoms with van der Waals surface area (Å²) in [4.78, 5) is 21.5. The maximum absolute atomic E-state index is 11.0. The van der Waals surface area contributed by atoms with Crippen LogP contribution in [0.4, 0.5) is 0 Å². The Morgan fingerprint density at radius 3 is 2.08 bits per heavy atom. The van der Waals surface area contributed by atoms with Crippen LogP contribution in [0.2, 0.25) is 0 Å². The Balaban J connectivity index is 3.76. The highest BCUT2D eigenvalue weighted by atomic mass is 16.4. The summed E-state index contributed by atoms with van der Waals surface area (Å²) >= 11 is 0. The fraction of sp³-hybridized carbons (Fsp3) is 0.778. The molecule has 0 saturated heterocycles. The molecule has 0 aliphatic carbocycles. The minimum Gasteiger partial charge on any atom is -0.481 e. The average Bonchev–Trinajstić information content (AvgIpc) is 2.11. The molecule has 0 bridgehead atoms. The predicted octanol–water partition coefficient (Wildman–Crippen LogP) is 0.869. The second-order valence-corrected chi connectivity index (χ2v) is 3.33. The molecule has 2 N–H and O–H groups in total. The van der Waals surface area contributed by atoms with Crippen LogP contribution < -0.4 is 5.32 Å². The topological polar surface area (TPSA) is 66.4 Å². The Labute approximate surface area is 78.3 Å². The molecular formula is C9H17NO3. The number of aliphatic carboxylic acids is 1. The van der Waals surface area contributed by atoms with Gasteiger partial charge in [-0.2, -0.15) is 0 Å². The number of hydrogen-bond acceptors (Lipinski definition) is 2. The highest BCUT2D eigenvalue weighted by Crippen LogP contribution is 2.12. The van der Waals surface area contributed by atoms with E-state index in [4.69, 9.17) is 5.11 Å². The van der Waals surface area contributed by atoms with E-state index in [9.17, 15) is 9.59 Å². The lowest BCUT2D eigenvalue weighted by Gasteiger charge is -2.11. The van der Waals surface area contributed by atoms with Crippen molar-refractivity contribution in [3.8, 4) is 0 Å². The third kappa shape index (κ3) is 4.50. The zero-order valence-corrected chi connectivity index (χ0v) is 8.33. The molecule has 13 heavy (non-hydrogen) atoms. The van der Waals surface area contributed by atoms with E-state index in [1.807, 2.05) is 0 Å². The molecule has 0 aromatic carbocycles. The van der Waals surface area contributed by atoms with Gasteiger partial charge in [-0.25, -0.2) is 0 Å². The van der Waals surface area contributed by atoms with E-state index in [2.05, 4.69) is 5.32 Å². The van der Waals surface area contributed by atoms with Gasteiger partial charge in [0.15, 0.2) is 0 Å². The first-order valence-corrected chi connectivity index (χ1v) is 4.43. The Hall–Kier alpha value is -1.06. The molecular weight excluding hydrogens is 170 g/mol. The number of amides is 1. The molecule has 76 valence electrons. The van der Waals surface area contributed by atoms with Crippen molar-refractivity contribution >= 4 is 11.9 Å². The summed E-state index contributed by atoms with van der Waals surface area (Å²) in [5.41, 5.74) is 0. The minimum absolute atomic E-state index is 0.0300. The molecule has 0 spiro atoms. The molecule has 4 nitrogen and oxygen atoms in total. The molecule has 0 aliphatic rings. The van der Waals surface area contributed by atoms with E-state index in [1.165, 1.54) is 0 Å². The molecule has 0 aromatic rings. The standard InChI is InChI=1S/C9H17NO3/c1-6(8(11)10-3)4-5-7(2)9(12)13/h6-7H,4-5H2,1-3H3,(H,10,11)(H,12,13). The SMILES string of the molecule is CNC(=O)C(C)CCC(C)C(=O)O. The molecule has 4 heteroatoms. The monoisotopic (exact) mass is 187 g/mol. The van der Waals surface area contributed by atoms with Gasteiger partial charge in [0.05, 0.1) is 5.92 Å². The van der Waals surface area contributed by atoms with Crippen LogP contribution in [0.15, 0.2) is 0 Å². The molecule has 0 rings (SSSR count). The number of carboxylic acids is 1. The molecule has 0 aromatic heterocycles. The fourth-order valence-corrected chi connectivity index (χ4v) is 1.00.